The van der Waals surface area contributed by atoms with Crippen LogP contribution in [-0.4, -0.2) is 29.0 Å². The maximum Gasteiger partial charge on any atom is 0.227 e. The third kappa shape index (κ3) is 3.90. The van der Waals surface area contributed by atoms with Crippen molar-refractivity contribution in [2.45, 2.75) is 32.6 Å². The summed E-state index contributed by atoms with van der Waals surface area (Å²) >= 11 is 0. The lowest BCUT2D eigenvalue weighted by Gasteiger charge is -2.18. The number of aryl methyl sites for hydroxylation is 1. The fraction of sp³-hybridized carbons (Fsp3) is 0.421. The molecule has 130 valence electrons. The largest absolute Gasteiger partial charge is 0.356 e. The molecule has 1 aromatic heterocycles. The zero-order valence-electron chi connectivity index (χ0n) is 14.5. The molecule has 0 spiro atoms. The molecule has 1 saturated heterocycles. The smallest absolute Gasteiger partial charge is 0.227 e. The Morgan fingerprint density at radius 1 is 1.08 bits per heavy atom. The Balaban J connectivity index is 1.45. The molecule has 1 aliphatic heterocycles. The Morgan fingerprint density at radius 2 is 1.76 bits per heavy atom. The first kappa shape index (κ1) is 15.9. The number of nitrogens with zero attached hydrogens (tertiary/aromatic N) is 3. The van der Waals surface area contributed by atoms with Gasteiger partial charge in [0.05, 0.1) is 0 Å². The van der Waals surface area contributed by atoms with Crippen LogP contribution in [0.25, 0.3) is 0 Å². The maximum absolute atomic E-state index is 11.8. The summed E-state index contributed by atoms with van der Waals surface area (Å²) in [6, 6.07) is 9.74. The third-order valence-corrected chi connectivity index (χ3v) is 4.63. The van der Waals surface area contributed by atoms with Crippen LogP contribution in [0.4, 0.5) is 23.0 Å². The summed E-state index contributed by atoms with van der Waals surface area (Å²) in [5, 5.41) is 6.29. The lowest BCUT2D eigenvalue weighted by Crippen LogP contribution is -2.19. The first-order valence-electron chi connectivity index (χ1n) is 8.96. The number of hydrogen-bond donors (Lipinski definition) is 2. The van der Waals surface area contributed by atoms with Gasteiger partial charge in [-0.3, -0.25) is 4.79 Å². The second-order valence-electron chi connectivity index (χ2n) is 6.82. The molecule has 25 heavy (non-hydrogen) atoms. The summed E-state index contributed by atoms with van der Waals surface area (Å²) in [5.74, 6) is 2.89. The van der Waals surface area contributed by atoms with Gasteiger partial charge in [0.2, 0.25) is 5.91 Å². The van der Waals surface area contributed by atoms with Crippen molar-refractivity contribution < 1.29 is 4.79 Å². The topological polar surface area (TPSA) is 70.2 Å². The number of benzene rings is 1. The van der Waals surface area contributed by atoms with E-state index in [2.05, 4.69) is 25.5 Å². The molecule has 1 aromatic carbocycles. The normalized spacial score (nSPS) is 16.8. The quantitative estimate of drug-likeness (QED) is 0.874. The van der Waals surface area contributed by atoms with Gasteiger partial charge in [0.15, 0.2) is 0 Å². The van der Waals surface area contributed by atoms with Crippen LogP contribution in [0, 0.1) is 12.8 Å². The van der Waals surface area contributed by atoms with Gasteiger partial charge < -0.3 is 15.5 Å². The monoisotopic (exact) mass is 337 g/mol. The Kier molecular flexibility index (Phi) is 4.26. The number of rotatable bonds is 5. The summed E-state index contributed by atoms with van der Waals surface area (Å²) in [6.07, 6.45) is 4.47. The molecule has 6 heteroatoms. The summed E-state index contributed by atoms with van der Waals surface area (Å²) in [6.45, 7) is 4.04. The number of hydrogen-bond acceptors (Lipinski definition) is 5. The van der Waals surface area contributed by atoms with E-state index in [4.69, 9.17) is 0 Å². The fourth-order valence-corrected chi connectivity index (χ4v) is 3.10. The van der Waals surface area contributed by atoms with E-state index < -0.39 is 0 Å². The van der Waals surface area contributed by atoms with Gasteiger partial charge in [-0.2, -0.15) is 0 Å². The van der Waals surface area contributed by atoms with Crippen LogP contribution in [0.3, 0.4) is 0 Å². The Labute approximate surface area is 147 Å². The van der Waals surface area contributed by atoms with E-state index in [1.54, 1.807) is 0 Å². The molecule has 0 unspecified atom stereocenters. The Morgan fingerprint density at radius 3 is 2.44 bits per heavy atom. The van der Waals surface area contributed by atoms with Gasteiger partial charge in [-0.15, -0.1) is 0 Å². The minimum atomic E-state index is 0.127. The number of aromatic nitrogens is 2. The van der Waals surface area contributed by atoms with E-state index in [1.807, 2.05) is 37.3 Å². The third-order valence-electron chi connectivity index (χ3n) is 4.63. The average molecular weight is 337 g/mol. The fourth-order valence-electron chi connectivity index (χ4n) is 3.10. The molecule has 2 fully saturated rings. The highest BCUT2D eigenvalue weighted by Gasteiger charge is 2.29. The molecule has 4 rings (SSSR count). The molecular weight excluding hydrogens is 314 g/mol. The van der Waals surface area contributed by atoms with Crippen molar-refractivity contribution in [1.29, 1.82) is 0 Å². The molecule has 0 radical (unpaired) electrons. The average Bonchev–Trinajstić information content (AvgIpc) is 3.31. The predicted molar refractivity (Wildman–Crippen MR) is 99.3 cm³/mol. The number of anilines is 4. The SMILES string of the molecule is Cc1nc(Nc2ccc(NC(=O)C3CC3)cc2)cc(N2CCCC2)n1. The summed E-state index contributed by atoms with van der Waals surface area (Å²) in [4.78, 5) is 23.1. The number of nitrogens with one attached hydrogen (secondary N) is 2. The molecule has 1 aliphatic carbocycles. The van der Waals surface area contributed by atoms with Gasteiger partial charge in [0, 0.05) is 36.4 Å². The van der Waals surface area contributed by atoms with E-state index in [0.717, 1.165) is 54.8 Å². The van der Waals surface area contributed by atoms with Crippen molar-refractivity contribution in [3.63, 3.8) is 0 Å². The second kappa shape index (κ2) is 6.70. The predicted octanol–water partition coefficient (Wildman–Crippen LogP) is 3.48. The zero-order valence-corrected chi connectivity index (χ0v) is 14.5. The van der Waals surface area contributed by atoms with Crippen molar-refractivity contribution >= 4 is 28.9 Å². The van der Waals surface area contributed by atoms with Gasteiger partial charge in [0.1, 0.15) is 17.5 Å². The molecule has 2 aromatic rings. The lowest BCUT2D eigenvalue weighted by atomic mass is 10.2. The first-order valence-corrected chi connectivity index (χ1v) is 8.96. The van der Waals surface area contributed by atoms with E-state index >= 15 is 0 Å². The van der Waals surface area contributed by atoms with E-state index in [0.29, 0.717) is 0 Å². The summed E-state index contributed by atoms with van der Waals surface area (Å²) < 4.78 is 0. The standard InChI is InChI=1S/C19H23N5O/c1-13-20-17(12-18(21-13)24-10-2-3-11-24)22-15-6-8-16(9-7-15)23-19(25)14-4-5-14/h6-9,12,14H,2-5,10-11H2,1H3,(H,23,25)(H,20,21,22). The first-order chi connectivity index (χ1) is 12.2. The van der Waals surface area contributed by atoms with Gasteiger partial charge >= 0.3 is 0 Å². The van der Waals surface area contributed by atoms with E-state index in [1.165, 1.54) is 12.8 Å². The summed E-state index contributed by atoms with van der Waals surface area (Å²) in [7, 11) is 0. The molecule has 2 heterocycles. The highest BCUT2D eigenvalue weighted by Crippen LogP contribution is 2.30. The molecule has 2 aliphatic rings. The van der Waals surface area contributed by atoms with Crippen LogP contribution in [-0.2, 0) is 4.79 Å². The molecule has 0 bridgehead atoms. The van der Waals surface area contributed by atoms with Crippen molar-refractivity contribution in [3.05, 3.63) is 36.2 Å². The molecule has 1 saturated carbocycles. The molecule has 6 nitrogen and oxygen atoms in total. The lowest BCUT2D eigenvalue weighted by molar-refractivity contribution is -0.117. The van der Waals surface area contributed by atoms with Crippen LogP contribution < -0.4 is 15.5 Å². The molecule has 1 amide bonds. The van der Waals surface area contributed by atoms with Gasteiger partial charge in [-0.05, 0) is 56.9 Å². The number of carbonyl (C=O) groups excluding carboxylic acids is 1. The van der Waals surface area contributed by atoms with Crippen LogP contribution in [0.5, 0.6) is 0 Å². The maximum atomic E-state index is 11.8. The van der Waals surface area contributed by atoms with Crippen molar-refractivity contribution in [2.24, 2.45) is 5.92 Å². The zero-order chi connectivity index (χ0) is 17.2. The minimum Gasteiger partial charge on any atom is -0.356 e. The van der Waals surface area contributed by atoms with Gasteiger partial charge in [-0.25, -0.2) is 9.97 Å². The number of amides is 1. The molecule has 2 N–H and O–H groups in total. The highest BCUT2D eigenvalue weighted by atomic mass is 16.2. The van der Waals surface area contributed by atoms with Crippen LogP contribution >= 0.6 is 0 Å². The van der Waals surface area contributed by atoms with Gasteiger partial charge in [0.25, 0.3) is 0 Å². The van der Waals surface area contributed by atoms with Crippen molar-refractivity contribution in [2.75, 3.05) is 28.6 Å². The highest BCUT2D eigenvalue weighted by molar-refractivity contribution is 5.94. The second-order valence-corrected chi connectivity index (χ2v) is 6.82. The molecule has 0 atom stereocenters. The van der Waals surface area contributed by atoms with Crippen LogP contribution in [0.15, 0.2) is 30.3 Å². The summed E-state index contributed by atoms with van der Waals surface area (Å²) in [5.41, 5.74) is 1.77. The Hall–Kier alpha value is -2.63. The van der Waals surface area contributed by atoms with Crippen LogP contribution in [0.1, 0.15) is 31.5 Å². The van der Waals surface area contributed by atoms with E-state index in [9.17, 15) is 4.79 Å². The Bertz CT molecular complexity index is 764. The van der Waals surface area contributed by atoms with Crippen molar-refractivity contribution in [1.82, 2.24) is 9.97 Å². The number of carbonyl (C=O) groups is 1. The van der Waals surface area contributed by atoms with Crippen LogP contribution in [0.2, 0.25) is 0 Å². The van der Waals surface area contributed by atoms with Crippen molar-refractivity contribution in [3.8, 4) is 0 Å². The van der Waals surface area contributed by atoms with E-state index in [-0.39, 0.29) is 11.8 Å². The molecular formula is C19H23N5O. The van der Waals surface area contributed by atoms with Gasteiger partial charge in [-0.1, -0.05) is 0 Å². The minimum absolute atomic E-state index is 0.127.